The number of thiol groups is 1. The number of aromatic amines is 1. The number of benzene rings is 1. The first kappa shape index (κ1) is 12.0. The van der Waals surface area contributed by atoms with Gasteiger partial charge in [-0.3, -0.25) is 4.79 Å². The molecule has 2 aromatic rings. The number of H-pyrrole nitrogens is 1. The first-order valence-corrected chi connectivity index (χ1v) is 6.22. The maximum absolute atomic E-state index is 11.8. The van der Waals surface area contributed by atoms with Crippen molar-refractivity contribution in [2.45, 2.75) is 25.7 Å². The van der Waals surface area contributed by atoms with Gasteiger partial charge in [0, 0.05) is 17.1 Å². The third-order valence-corrected chi connectivity index (χ3v) is 3.22. The Morgan fingerprint density at radius 2 is 2.24 bits per heavy atom. The Labute approximate surface area is 106 Å². The molecule has 17 heavy (non-hydrogen) atoms. The van der Waals surface area contributed by atoms with Crippen molar-refractivity contribution in [3.63, 3.8) is 0 Å². The van der Waals surface area contributed by atoms with Crippen LogP contribution in [-0.4, -0.2) is 10.9 Å². The number of nitrogens with one attached hydrogen (secondary N) is 2. The maximum atomic E-state index is 11.8. The molecule has 0 fully saturated rings. The average Bonchev–Trinajstić information content (AvgIpc) is 2.79. The molecule has 4 heteroatoms. The van der Waals surface area contributed by atoms with Gasteiger partial charge in [-0.05, 0) is 18.1 Å². The largest absolute Gasteiger partial charge is 0.361 e. The summed E-state index contributed by atoms with van der Waals surface area (Å²) in [6.45, 7) is 2.08. The van der Waals surface area contributed by atoms with Crippen LogP contribution in [0.1, 0.15) is 31.2 Å². The van der Waals surface area contributed by atoms with Crippen molar-refractivity contribution < 1.29 is 4.79 Å². The van der Waals surface area contributed by atoms with Crippen LogP contribution in [0.5, 0.6) is 0 Å². The van der Waals surface area contributed by atoms with Crippen LogP contribution < -0.4 is 4.72 Å². The molecule has 0 radical (unpaired) electrons. The minimum absolute atomic E-state index is 0.0417. The van der Waals surface area contributed by atoms with E-state index in [1.807, 2.05) is 30.5 Å². The second-order valence-electron chi connectivity index (χ2n) is 4.11. The Morgan fingerprint density at radius 3 is 2.94 bits per heavy atom. The Morgan fingerprint density at radius 1 is 1.47 bits per heavy atom. The molecule has 2 rings (SSSR count). The fraction of sp³-hybridized carbons (Fsp3) is 0.308. The predicted octanol–water partition coefficient (Wildman–Crippen LogP) is 3.01. The highest BCUT2D eigenvalue weighted by molar-refractivity contribution is 7.78. The van der Waals surface area contributed by atoms with Gasteiger partial charge in [-0.2, -0.15) is 0 Å². The van der Waals surface area contributed by atoms with Crippen LogP contribution in [0.15, 0.2) is 30.5 Å². The van der Waals surface area contributed by atoms with E-state index in [2.05, 4.69) is 29.4 Å². The van der Waals surface area contributed by atoms with Crippen LogP contribution >= 0.6 is 12.8 Å². The third-order valence-electron chi connectivity index (χ3n) is 3.00. The molecule has 3 nitrogen and oxygen atoms in total. The van der Waals surface area contributed by atoms with Gasteiger partial charge in [-0.1, -0.05) is 44.4 Å². The Kier molecular flexibility index (Phi) is 3.74. The molecule has 0 aliphatic heterocycles. The topological polar surface area (TPSA) is 44.9 Å². The zero-order valence-corrected chi connectivity index (χ0v) is 10.6. The Hall–Kier alpha value is -1.42. The van der Waals surface area contributed by atoms with E-state index in [-0.39, 0.29) is 11.8 Å². The van der Waals surface area contributed by atoms with Crippen molar-refractivity contribution in [3.05, 3.63) is 36.0 Å². The van der Waals surface area contributed by atoms with Crippen LogP contribution in [0, 0.1) is 0 Å². The van der Waals surface area contributed by atoms with Gasteiger partial charge in [-0.25, -0.2) is 0 Å². The normalized spacial score (nSPS) is 12.6. The summed E-state index contributed by atoms with van der Waals surface area (Å²) < 4.78 is 2.44. The lowest BCUT2D eigenvalue weighted by atomic mass is 9.93. The molecule has 2 N–H and O–H groups in total. The van der Waals surface area contributed by atoms with Crippen molar-refractivity contribution in [2.75, 3.05) is 0 Å². The second kappa shape index (κ2) is 5.27. The number of para-hydroxylation sites is 1. The zero-order valence-electron chi connectivity index (χ0n) is 9.73. The van der Waals surface area contributed by atoms with Gasteiger partial charge in [0.05, 0.1) is 5.92 Å². The van der Waals surface area contributed by atoms with E-state index in [0.717, 1.165) is 29.3 Å². The lowest BCUT2D eigenvalue weighted by molar-refractivity contribution is -0.120. The van der Waals surface area contributed by atoms with Gasteiger partial charge in [0.15, 0.2) is 0 Å². The maximum Gasteiger partial charge on any atom is 0.237 e. The van der Waals surface area contributed by atoms with Gasteiger partial charge in [-0.15, -0.1) is 0 Å². The molecule has 0 aliphatic carbocycles. The van der Waals surface area contributed by atoms with Crippen LogP contribution in [0.3, 0.4) is 0 Å². The zero-order chi connectivity index (χ0) is 12.3. The van der Waals surface area contributed by atoms with Gasteiger partial charge in [0.25, 0.3) is 0 Å². The minimum atomic E-state index is -0.131. The number of fused-ring (bicyclic) bond motifs is 1. The molecule has 1 atom stereocenters. The number of hydrogen-bond donors (Lipinski definition) is 3. The number of aromatic nitrogens is 1. The van der Waals surface area contributed by atoms with Gasteiger partial charge >= 0.3 is 0 Å². The van der Waals surface area contributed by atoms with Crippen LogP contribution in [0.2, 0.25) is 0 Å². The minimum Gasteiger partial charge on any atom is -0.361 e. The molecule has 0 saturated carbocycles. The van der Waals surface area contributed by atoms with Crippen LogP contribution in [0.25, 0.3) is 10.9 Å². The number of carbonyl (C=O) groups excluding carboxylic acids is 1. The summed E-state index contributed by atoms with van der Waals surface area (Å²) in [7, 11) is 0. The van der Waals surface area contributed by atoms with Crippen molar-refractivity contribution in [1.29, 1.82) is 0 Å². The van der Waals surface area contributed by atoms with Crippen molar-refractivity contribution in [1.82, 2.24) is 9.71 Å². The highest BCUT2D eigenvalue weighted by atomic mass is 32.1. The summed E-state index contributed by atoms with van der Waals surface area (Å²) in [6, 6.07) is 8.02. The fourth-order valence-electron chi connectivity index (χ4n) is 2.18. The van der Waals surface area contributed by atoms with E-state index >= 15 is 0 Å². The molecule has 1 aromatic carbocycles. The average molecular weight is 248 g/mol. The molecule has 90 valence electrons. The molecule has 1 unspecified atom stereocenters. The molecule has 1 heterocycles. The van der Waals surface area contributed by atoms with Crippen molar-refractivity contribution in [2.24, 2.45) is 0 Å². The van der Waals surface area contributed by atoms with E-state index in [0.29, 0.717) is 0 Å². The second-order valence-corrected chi connectivity index (χ2v) is 4.33. The first-order valence-electron chi connectivity index (χ1n) is 5.78. The summed E-state index contributed by atoms with van der Waals surface area (Å²) in [6.07, 6.45) is 3.72. The molecule has 0 bridgehead atoms. The van der Waals surface area contributed by atoms with Gasteiger partial charge in [0.2, 0.25) is 5.91 Å². The van der Waals surface area contributed by atoms with Crippen LogP contribution in [0.4, 0.5) is 0 Å². The SMILES string of the molecule is CCCC(C(=O)NS)c1c[nH]c2ccccc12. The van der Waals surface area contributed by atoms with E-state index in [9.17, 15) is 4.79 Å². The molecular formula is C13H16N2OS. The number of rotatable bonds is 4. The number of hydrogen-bond acceptors (Lipinski definition) is 2. The van der Waals surface area contributed by atoms with E-state index in [1.165, 1.54) is 0 Å². The van der Waals surface area contributed by atoms with E-state index in [4.69, 9.17) is 0 Å². The van der Waals surface area contributed by atoms with E-state index < -0.39 is 0 Å². The summed E-state index contributed by atoms with van der Waals surface area (Å²) in [5, 5.41) is 1.11. The molecule has 0 spiro atoms. The van der Waals surface area contributed by atoms with E-state index in [1.54, 1.807) is 0 Å². The lowest BCUT2D eigenvalue weighted by Gasteiger charge is -2.13. The quantitative estimate of drug-likeness (QED) is 0.716. The first-order chi connectivity index (χ1) is 8.27. The number of amides is 1. The summed E-state index contributed by atoms with van der Waals surface area (Å²) in [5.41, 5.74) is 2.12. The van der Waals surface area contributed by atoms with Gasteiger partial charge in [0.1, 0.15) is 0 Å². The van der Waals surface area contributed by atoms with Crippen molar-refractivity contribution in [3.8, 4) is 0 Å². The summed E-state index contributed by atoms with van der Waals surface area (Å²) in [5.74, 6) is -0.173. The summed E-state index contributed by atoms with van der Waals surface area (Å²) in [4.78, 5) is 15.0. The fourth-order valence-corrected chi connectivity index (χ4v) is 2.33. The standard InChI is InChI=1S/C13H16N2OS/c1-2-5-10(13(16)15-17)11-8-14-12-7-4-3-6-9(11)12/h3-4,6-8,10,14,17H,2,5H2,1H3,(H,15,16). The predicted molar refractivity (Wildman–Crippen MR) is 73.1 cm³/mol. The Balaban J connectivity index is 2.45. The molecule has 0 saturated heterocycles. The monoisotopic (exact) mass is 248 g/mol. The number of carbonyl (C=O) groups is 1. The molecule has 0 aliphatic rings. The summed E-state index contributed by atoms with van der Waals surface area (Å²) >= 11 is 3.86. The molecule has 1 amide bonds. The van der Waals surface area contributed by atoms with Gasteiger partial charge < -0.3 is 9.71 Å². The van der Waals surface area contributed by atoms with Crippen LogP contribution in [-0.2, 0) is 4.79 Å². The van der Waals surface area contributed by atoms with Crippen molar-refractivity contribution >= 4 is 29.6 Å². The smallest absolute Gasteiger partial charge is 0.237 e. The highest BCUT2D eigenvalue weighted by Gasteiger charge is 2.21. The molecule has 1 aromatic heterocycles. The lowest BCUT2D eigenvalue weighted by Crippen LogP contribution is -2.21. The highest BCUT2D eigenvalue weighted by Crippen LogP contribution is 2.29. The Bertz CT molecular complexity index is 521. The third kappa shape index (κ3) is 2.31. The molecular weight excluding hydrogens is 232 g/mol.